The molecule has 1 N–H and O–H groups in total. The lowest BCUT2D eigenvalue weighted by molar-refractivity contribution is 0.0892. The van der Waals surface area contributed by atoms with Gasteiger partial charge in [-0.1, -0.05) is 6.42 Å². The Bertz CT molecular complexity index is 335. The van der Waals surface area contributed by atoms with Crippen molar-refractivity contribution in [1.82, 2.24) is 19.8 Å². The fourth-order valence-corrected chi connectivity index (χ4v) is 3.34. The Labute approximate surface area is 109 Å². The van der Waals surface area contributed by atoms with Crippen molar-refractivity contribution in [1.29, 1.82) is 0 Å². The molecule has 0 radical (unpaired) electrons. The van der Waals surface area contributed by atoms with E-state index in [-0.39, 0.29) is 0 Å². The van der Waals surface area contributed by atoms with Crippen molar-refractivity contribution in [2.75, 3.05) is 26.2 Å². The number of aromatic nitrogens is 2. The second-order valence-corrected chi connectivity index (χ2v) is 5.68. The smallest absolute Gasteiger partial charge is 0.0922 e. The van der Waals surface area contributed by atoms with Gasteiger partial charge in [-0.15, -0.1) is 0 Å². The summed E-state index contributed by atoms with van der Waals surface area (Å²) in [4.78, 5) is 12.6. The van der Waals surface area contributed by atoms with Crippen LogP contribution in [0.15, 0.2) is 12.5 Å². The highest BCUT2D eigenvalue weighted by atomic mass is 15.2. The number of piperidine rings is 2. The molecule has 2 fully saturated rings. The van der Waals surface area contributed by atoms with Crippen molar-refractivity contribution in [3.8, 4) is 0 Å². The molecule has 3 rings (SSSR count). The molecule has 1 aromatic rings. The van der Waals surface area contributed by atoms with Crippen LogP contribution in [0.1, 0.15) is 37.8 Å². The van der Waals surface area contributed by atoms with Crippen molar-refractivity contribution in [2.45, 2.75) is 44.7 Å². The Morgan fingerprint density at radius 2 is 1.89 bits per heavy atom. The van der Waals surface area contributed by atoms with E-state index in [0.717, 1.165) is 12.6 Å². The molecule has 0 aliphatic carbocycles. The van der Waals surface area contributed by atoms with Crippen molar-refractivity contribution < 1.29 is 0 Å². The molecule has 4 heteroatoms. The molecule has 100 valence electrons. The predicted molar refractivity (Wildman–Crippen MR) is 72.3 cm³/mol. The zero-order chi connectivity index (χ0) is 12.2. The lowest BCUT2D eigenvalue weighted by atomic mass is 10.00. The number of hydrogen-bond acceptors (Lipinski definition) is 3. The van der Waals surface area contributed by atoms with Crippen LogP contribution in [0.2, 0.25) is 0 Å². The van der Waals surface area contributed by atoms with Gasteiger partial charge in [-0.25, -0.2) is 4.98 Å². The van der Waals surface area contributed by atoms with E-state index in [1.165, 1.54) is 64.0 Å². The summed E-state index contributed by atoms with van der Waals surface area (Å²) in [5.41, 5.74) is 1.24. The van der Waals surface area contributed by atoms with Crippen LogP contribution in [-0.2, 0) is 6.54 Å². The monoisotopic (exact) mass is 248 g/mol. The topological polar surface area (TPSA) is 35.2 Å². The van der Waals surface area contributed by atoms with Gasteiger partial charge in [-0.05, 0) is 38.8 Å². The van der Waals surface area contributed by atoms with E-state index in [1.807, 2.05) is 6.20 Å². The summed E-state index contributed by atoms with van der Waals surface area (Å²) in [6.07, 6.45) is 10.7. The highest BCUT2D eigenvalue weighted by Crippen LogP contribution is 2.21. The number of imidazole rings is 1. The van der Waals surface area contributed by atoms with Crippen LogP contribution in [0.5, 0.6) is 0 Å². The maximum atomic E-state index is 4.09. The second kappa shape index (κ2) is 5.85. The molecule has 4 nitrogen and oxygen atoms in total. The molecule has 2 saturated heterocycles. The van der Waals surface area contributed by atoms with Crippen LogP contribution >= 0.6 is 0 Å². The fraction of sp³-hybridized carbons (Fsp3) is 0.786. The minimum atomic E-state index is 0.850. The summed E-state index contributed by atoms with van der Waals surface area (Å²) in [5, 5.41) is 0. The van der Waals surface area contributed by atoms with E-state index < -0.39 is 0 Å². The zero-order valence-corrected chi connectivity index (χ0v) is 11.1. The van der Waals surface area contributed by atoms with E-state index in [2.05, 4.69) is 19.8 Å². The maximum absolute atomic E-state index is 4.09. The molecule has 2 aliphatic rings. The van der Waals surface area contributed by atoms with Crippen LogP contribution in [0.4, 0.5) is 0 Å². The van der Waals surface area contributed by atoms with E-state index in [9.17, 15) is 0 Å². The Balaban J connectivity index is 1.45. The zero-order valence-electron chi connectivity index (χ0n) is 11.1. The normalized spacial score (nSPS) is 24.4. The number of H-pyrrole nitrogens is 1. The molecule has 0 bridgehead atoms. The molecule has 3 heterocycles. The second-order valence-electron chi connectivity index (χ2n) is 5.68. The lowest BCUT2D eigenvalue weighted by Crippen LogP contribution is -2.46. The molecule has 2 aliphatic heterocycles. The van der Waals surface area contributed by atoms with Crippen LogP contribution in [0.3, 0.4) is 0 Å². The summed E-state index contributed by atoms with van der Waals surface area (Å²) in [6, 6.07) is 0.850. The lowest BCUT2D eigenvalue weighted by Gasteiger charge is -2.40. The summed E-state index contributed by atoms with van der Waals surface area (Å²) in [7, 11) is 0. The van der Waals surface area contributed by atoms with Crippen molar-refractivity contribution >= 4 is 0 Å². The molecule has 0 amide bonds. The summed E-state index contributed by atoms with van der Waals surface area (Å²) in [6.45, 7) is 6.18. The third-order valence-electron chi connectivity index (χ3n) is 4.41. The average Bonchev–Trinajstić information content (AvgIpc) is 2.94. The predicted octanol–water partition coefficient (Wildman–Crippen LogP) is 1.86. The van der Waals surface area contributed by atoms with Crippen molar-refractivity contribution in [2.24, 2.45) is 0 Å². The summed E-state index contributed by atoms with van der Waals surface area (Å²) in [5.74, 6) is 0. The minimum Gasteiger partial charge on any atom is -0.347 e. The van der Waals surface area contributed by atoms with Crippen LogP contribution in [-0.4, -0.2) is 52.0 Å². The van der Waals surface area contributed by atoms with Gasteiger partial charge in [0.05, 0.1) is 6.33 Å². The molecule has 0 atom stereocenters. The molecular formula is C14H24N4. The Hall–Kier alpha value is -0.870. The number of aromatic amines is 1. The molecular weight excluding hydrogens is 224 g/mol. The first-order chi connectivity index (χ1) is 8.92. The average molecular weight is 248 g/mol. The molecule has 0 saturated carbocycles. The molecule has 1 aromatic heterocycles. The molecule has 0 spiro atoms. The van der Waals surface area contributed by atoms with Crippen LogP contribution in [0, 0.1) is 0 Å². The van der Waals surface area contributed by atoms with Gasteiger partial charge in [0.2, 0.25) is 0 Å². The molecule has 0 unspecified atom stereocenters. The van der Waals surface area contributed by atoms with Gasteiger partial charge in [0, 0.05) is 37.6 Å². The Morgan fingerprint density at radius 1 is 1.11 bits per heavy atom. The van der Waals surface area contributed by atoms with E-state index in [4.69, 9.17) is 0 Å². The number of hydrogen-bond donors (Lipinski definition) is 1. The number of rotatable bonds is 3. The van der Waals surface area contributed by atoms with Gasteiger partial charge in [-0.3, -0.25) is 4.90 Å². The van der Waals surface area contributed by atoms with E-state index in [1.54, 1.807) is 6.33 Å². The van der Waals surface area contributed by atoms with Gasteiger partial charge in [0.1, 0.15) is 0 Å². The highest BCUT2D eigenvalue weighted by Gasteiger charge is 2.25. The van der Waals surface area contributed by atoms with Crippen molar-refractivity contribution in [3.05, 3.63) is 18.2 Å². The SMILES string of the molecule is c1ncc(CN2CCC(N3CCCCC3)CC2)[nH]1. The first kappa shape index (κ1) is 12.2. The number of nitrogens with zero attached hydrogens (tertiary/aromatic N) is 3. The maximum Gasteiger partial charge on any atom is 0.0922 e. The van der Waals surface area contributed by atoms with Crippen molar-refractivity contribution in [3.63, 3.8) is 0 Å². The van der Waals surface area contributed by atoms with E-state index >= 15 is 0 Å². The number of likely N-dealkylation sites (tertiary alicyclic amines) is 2. The van der Waals surface area contributed by atoms with E-state index in [0.29, 0.717) is 0 Å². The minimum absolute atomic E-state index is 0.850. The quantitative estimate of drug-likeness (QED) is 0.887. The first-order valence-corrected chi connectivity index (χ1v) is 7.35. The third-order valence-corrected chi connectivity index (χ3v) is 4.41. The van der Waals surface area contributed by atoms with Crippen LogP contribution in [0.25, 0.3) is 0 Å². The number of nitrogens with one attached hydrogen (secondary N) is 1. The summed E-state index contributed by atoms with van der Waals surface area (Å²) >= 11 is 0. The molecule has 18 heavy (non-hydrogen) atoms. The van der Waals surface area contributed by atoms with Gasteiger partial charge >= 0.3 is 0 Å². The van der Waals surface area contributed by atoms with Gasteiger partial charge < -0.3 is 9.88 Å². The largest absolute Gasteiger partial charge is 0.347 e. The Kier molecular flexibility index (Phi) is 3.96. The standard InChI is InChI=1S/C14H24N4/c1-2-6-18(7-3-1)14-4-8-17(9-5-14)11-13-10-15-12-16-13/h10,12,14H,1-9,11H2,(H,15,16). The fourth-order valence-electron chi connectivity index (χ4n) is 3.34. The highest BCUT2D eigenvalue weighted by molar-refractivity contribution is 4.95. The third kappa shape index (κ3) is 2.93. The van der Waals surface area contributed by atoms with Crippen LogP contribution < -0.4 is 0 Å². The summed E-state index contributed by atoms with van der Waals surface area (Å²) < 4.78 is 0. The van der Waals surface area contributed by atoms with Gasteiger partial charge in [-0.2, -0.15) is 0 Å². The Morgan fingerprint density at radius 3 is 2.56 bits per heavy atom. The van der Waals surface area contributed by atoms with Gasteiger partial charge in [0.25, 0.3) is 0 Å². The molecule has 0 aromatic carbocycles. The first-order valence-electron chi connectivity index (χ1n) is 7.35. The van der Waals surface area contributed by atoms with Gasteiger partial charge in [0.15, 0.2) is 0 Å².